The van der Waals surface area contributed by atoms with Gasteiger partial charge in [-0.25, -0.2) is 4.57 Å². The Hall–Kier alpha value is -0.150. The fourth-order valence-electron chi connectivity index (χ4n) is 1.45. The van der Waals surface area contributed by atoms with E-state index in [2.05, 4.69) is 0 Å². The highest BCUT2D eigenvalue weighted by Crippen LogP contribution is 2.51. The van der Waals surface area contributed by atoms with Crippen LogP contribution in [0.1, 0.15) is 33.1 Å². The molecule has 1 aliphatic carbocycles. The zero-order valence-electron chi connectivity index (χ0n) is 9.35. The maximum atomic E-state index is 12.0. The molecule has 0 radical (unpaired) electrons. The minimum Gasteiger partial charge on any atom is -0.287 e. The van der Waals surface area contributed by atoms with E-state index >= 15 is 0 Å². The molecule has 0 N–H and O–H groups in total. The maximum absolute atomic E-state index is 12.0. The van der Waals surface area contributed by atoms with Crippen molar-refractivity contribution in [3.63, 3.8) is 0 Å². The third-order valence-electron chi connectivity index (χ3n) is 2.05. The summed E-state index contributed by atoms with van der Waals surface area (Å²) in [6.07, 6.45) is 6.82. The number of rotatable bonds is 6. The average Bonchev–Trinajstić information content (AvgIpc) is 2.19. The summed E-state index contributed by atoms with van der Waals surface area (Å²) in [5.41, 5.74) is 0. The van der Waals surface area contributed by atoms with Crippen LogP contribution < -0.4 is 0 Å². The van der Waals surface area contributed by atoms with E-state index in [1.807, 2.05) is 12.2 Å². The molecular weight excluding hydrogens is 215 g/mol. The van der Waals surface area contributed by atoms with Gasteiger partial charge in [0, 0.05) is 0 Å². The van der Waals surface area contributed by atoms with Crippen molar-refractivity contribution in [2.45, 2.75) is 39.2 Å². The van der Waals surface area contributed by atoms with Crippen LogP contribution in [0.15, 0.2) is 12.2 Å². The summed E-state index contributed by atoms with van der Waals surface area (Å²) in [5, 5.41) is 0. The summed E-state index contributed by atoms with van der Waals surface area (Å²) in [6, 6.07) is 0. The van der Waals surface area contributed by atoms with Crippen LogP contribution in [0, 0.1) is 0 Å². The quantitative estimate of drug-likeness (QED) is 0.522. The molecule has 5 heteroatoms. The zero-order valence-corrected chi connectivity index (χ0v) is 10.2. The summed E-state index contributed by atoms with van der Waals surface area (Å²) in [6.45, 7) is 4.19. The van der Waals surface area contributed by atoms with Crippen LogP contribution in [-0.2, 0) is 18.1 Å². The Morgan fingerprint density at radius 1 is 1.33 bits per heavy atom. The lowest BCUT2D eigenvalue weighted by Gasteiger charge is -2.22. The van der Waals surface area contributed by atoms with Crippen molar-refractivity contribution < 1.29 is 18.1 Å². The molecule has 0 fully saturated rings. The van der Waals surface area contributed by atoms with Gasteiger partial charge in [-0.3, -0.25) is 13.6 Å². The largest absolute Gasteiger partial charge is 0.475 e. The maximum Gasteiger partial charge on any atom is 0.475 e. The van der Waals surface area contributed by atoms with E-state index in [0.29, 0.717) is 13.2 Å². The van der Waals surface area contributed by atoms with Crippen molar-refractivity contribution in [1.29, 1.82) is 0 Å². The Balaban J connectivity index is 2.52. The van der Waals surface area contributed by atoms with Gasteiger partial charge in [-0.1, -0.05) is 12.2 Å². The summed E-state index contributed by atoms with van der Waals surface area (Å²) < 4.78 is 27.5. The van der Waals surface area contributed by atoms with Crippen LogP contribution in [-0.4, -0.2) is 19.3 Å². The molecule has 0 aromatic heterocycles. The van der Waals surface area contributed by atoms with E-state index in [1.165, 1.54) is 0 Å². The van der Waals surface area contributed by atoms with Crippen molar-refractivity contribution >= 4 is 7.82 Å². The fourth-order valence-corrected chi connectivity index (χ4v) is 2.79. The molecule has 0 spiro atoms. The predicted octanol–water partition coefficient (Wildman–Crippen LogP) is 3.29. The Labute approximate surface area is 91.2 Å². The molecule has 1 rings (SSSR count). The molecule has 1 aliphatic rings. The first kappa shape index (κ1) is 12.9. The Morgan fingerprint density at radius 2 is 2.00 bits per heavy atom. The van der Waals surface area contributed by atoms with Crippen molar-refractivity contribution in [1.82, 2.24) is 0 Å². The number of phosphoric ester groups is 1. The molecule has 1 unspecified atom stereocenters. The second kappa shape index (κ2) is 6.44. The first-order valence-electron chi connectivity index (χ1n) is 5.44. The molecule has 0 heterocycles. The lowest BCUT2D eigenvalue weighted by Crippen LogP contribution is -2.13. The first-order chi connectivity index (χ1) is 7.20. The standard InChI is InChI=1S/C10H19O4P/c1-3-12-15(11,13-4-2)14-10-8-6-5-7-9-10/h6,8,10H,3-5,7,9H2,1-2H3. The van der Waals surface area contributed by atoms with Crippen LogP contribution in [0.3, 0.4) is 0 Å². The van der Waals surface area contributed by atoms with Gasteiger partial charge in [-0.15, -0.1) is 0 Å². The Kier molecular flexibility index (Phi) is 5.54. The zero-order chi connectivity index (χ0) is 11.1. The predicted molar refractivity (Wildman–Crippen MR) is 58.7 cm³/mol. The van der Waals surface area contributed by atoms with Crippen LogP contribution >= 0.6 is 7.82 Å². The van der Waals surface area contributed by atoms with Crippen LogP contribution in [0.25, 0.3) is 0 Å². The monoisotopic (exact) mass is 234 g/mol. The minimum atomic E-state index is -3.34. The first-order valence-corrected chi connectivity index (χ1v) is 6.90. The van der Waals surface area contributed by atoms with Gasteiger partial charge in [0.2, 0.25) is 0 Å². The van der Waals surface area contributed by atoms with Crippen LogP contribution in [0.2, 0.25) is 0 Å². The molecule has 1 atom stereocenters. The summed E-state index contributed by atoms with van der Waals surface area (Å²) >= 11 is 0. The third-order valence-corrected chi connectivity index (χ3v) is 3.73. The van der Waals surface area contributed by atoms with E-state index < -0.39 is 7.82 Å². The topological polar surface area (TPSA) is 44.8 Å². The highest BCUT2D eigenvalue weighted by atomic mass is 31.2. The lowest BCUT2D eigenvalue weighted by molar-refractivity contribution is 0.0954. The molecule has 0 saturated heterocycles. The molecule has 0 aromatic rings. The smallest absolute Gasteiger partial charge is 0.287 e. The van der Waals surface area contributed by atoms with Gasteiger partial charge in [-0.2, -0.15) is 0 Å². The lowest BCUT2D eigenvalue weighted by atomic mass is 10.1. The van der Waals surface area contributed by atoms with E-state index in [-0.39, 0.29) is 6.10 Å². The van der Waals surface area contributed by atoms with Crippen molar-refractivity contribution in [2.75, 3.05) is 13.2 Å². The van der Waals surface area contributed by atoms with Crippen molar-refractivity contribution in [2.24, 2.45) is 0 Å². The van der Waals surface area contributed by atoms with Crippen LogP contribution in [0.4, 0.5) is 0 Å². The van der Waals surface area contributed by atoms with Crippen LogP contribution in [0.5, 0.6) is 0 Å². The van der Waals surface area contributed by atoms with Gasteiger partial charge >= 0.3 is 7.82 Å². The Bertz CT molecular complexity index is 242. The molecule has 4 nitrogen and oxygen atoms in total. The van der Waals surface area contributed by atoms with Crippen molar-refractivity contribution in [3.8, 4) is 0 Å². The van der Waals surface area contributed by atoms with Gasteiger partial charge in [0.25, 0.3) is 0 Å². The number of allylic oxidation sites excluding steroid dienone is 1. The molecule has 0 aliphatic heterocycles. The summed E-state index contributed by atoms with van der Waals surface area (Å²) in [7, 11) is -3.34. The van der Waals surface area contributed by atoms with Gasteiger partial charge in [-0.05, 0) is 33.1 Å². The minimum absolute atomic E-state index is 0.136. The SMILES string of the molecule is CCOP(=O)(OCC)OC1C=CCCC1. The highest BCUT2D eigenvalue weighted by Gasteiger charge is 2.29. The molecule has 0 amide bonds. The second-order valence-corrected chi connectivity index (χ2v) is 4.91. The second-order valence-electron chi connectivity index (χ2n) is 3.29. The highest BCUT2D eigenvalue weighted by molar-refractivity contribution is 7.48. The van der Waals surface area contributed by atoms with E-state index in [1.54, 1.807) is 13.8 Å². The molecular formula is C10H19O4P. The summed E-state index contributed by atoms with van der Waals surface area (Å²) in [4.78, 5) is 0. The van der Waals surface area contributed by atoms with E-state index in [9.17, 15) is 4.57 Å². The molecule has 0 bridgehead atoms. The number of hydrogen-bond donors (Lipinski definition) is 0. The number of phosphoric acid groups is 1. The summed E-state index contributed by atoms with van der Waals surface area (Å²) in [5.74, 6) is 0. The average molecular weight is 234 g/mol. The molecule has 0 saturated carbocycles. The van der Waals surface area contributed by atoms with Gasteiger partial charge in [0.05, 0.1) is 19.3 Å². The third kappa shape index (κ3) is 4.47. The Morgan fingerprint density at radius 3 is 2.47 bits per heavy atom. The van der Waals surface area contributed by atoms with E-state index in [4.69, 9.17) is 13.6 Å². The van der Waals surface area contributed by atoms with Crippen molar-refractivity contribution in [3.05, 3.63) is 12.2 Å². The molecule has 15 heavy (non-hydrogen) atoms. The van der Waals surface area contributed by atoms with Gasteiger partial charge < -0.3 is 0 Å². The fraction of sp³-hybridized carbons (Fsp3) is 0.800. The normalized spacial score (nSPS) is 21.9. The molecule has 88 valence electrons. The van der Waals surface area contributed by atoms with Gasteiger partial charge in [0.15, 0.2) is 0 Å². The number of hydrogen-bond acceptors (Lipinski definition) is 4. The van der Waals surface area contributed by atoms with E-state index in [0.717, 1.165) is 19.3 Å². The molecule has 0 aromatic carbocycles. The van der Waals surface area contributed by atoms with Gasteiger partial charge in [0.1, 0.15) is 0 Å².